The molecule has 94 valence electrons. The standard InChI is InChI=1S/C12H17IN2O2/c1-3-12(2,4-5-16)15-11(17)9-6-10(13)8-14-7-9/h6-8,16H,3-5H2,1-2H3,(H,15,17). The van der Waals surface area contributed by atoms with Crippen LogP contribution in [0.15, 0.2) is 18.5 Å². The quantitative estimate of drug-likeness (QED) is 0.800. The van der Waals surface area contributed by atoms with Crippen LogP contribution in [-0.4, -0.2) is 28.1 Å². The molecule has 4 nitrogen and oxygen atoms in total. The van der Waals surface area contributed by atoms with E-state index in [9.17, 15) is 4.79 Å². The molecule has 1 heterocycles. The van der Waals surface area contributed by atoms with Crippen molar-refractivity contribution < 1.29 is 9.90 Å². The van der Waals surface area contributed by atoms with Crippen LogP contribution in [0.1, 0.15) is 37.0 Å². The summed E-state index contributed by atoms with van der Waals surface area (Å²) in [7, 11) is 0. The minimum absolute atomic E-state index is 0.0647. The normalized spacial score (nSPS) is 14.1. The molecule has 5 heteroatoms. The molecule has 2 N–H and O–H groups in total. The Hall–Kier alpha value is -0.690. The number of pyridine rings is 1. The summed E-state index contributed by atoms with van der Waals surface area (Å²) < 4.78 is 0.926. The molecule has 0 aromatic carbocycles. The van der Waals surface area contributed by atoms with Crippen LogP contribution in [-0.2, 0) is 0 Å². The van der Waals surface area contributed by atoms with E-state index in [1.165, 1.54) is 0 Å². The van der Waals surface area contributed by atoms with E-state index in [4.69, 9.17) is 5.11 Å². The number of carbonyl (C=O) groups is 1. The maximum Gasteiger partial charge on any atom is 0.253 e. The van der Waals surface area contributed by atoms with Crippen LogP contribution in [0.25, 0.3) is 0 Å². The molecule has 0 bridgehead atoms. The second kappa shape index (κ2) is 6.30. The summed E-state index contributed by atoms with van der Waals surface area (Å²) in [5.41, 5.74) is 0.183. The summed E-state index contributed by atoms with van der Waals surface area (Å²) in [6, 6.07) is 1.79. The minimum atomic E-state index is -0.368. The van der Waals surface area contributed by atoms with Crippen molar-refractivity contribution in [3.63, 3.8) is 0 Å². The van der Waals surface area contributed by atoms with Gasteiger partial charge in [0.1, 0.15) is 0 Å². The smallest absolute Gasteiger partial charge is 0.253 e. The molecule has 0 aliphatic carbocycles. The first-order valence-corrected chi connectivity index (χ1v) is 6.62. The van der Waals surface area contributed by atoms with Gasteiger partial charge in [0.15, 0.2) is 0 Å². The van der Waals surface area contributed by atoms with Gasteiger partial charge < -0.3 is 10.4 Å². The van der Waals surface area contributed by atoms with Crippen LogP contribution in [0.5, 0.6) is 0 Å². The third-order valence-corrected chi connectivity index (χ3v) is 3.42. The van der Waals surface area contributed by atoms with E-state index in [2.05, 4.69) is 32.9 Å². The zero-order chi connectivity index (χ0) is 12.9. The van der Waals surface area contributed by atoms with Gasteiger partial charge in [-0.15, -0.1) is 0 Å². The lowest BCUT2D eigenvalue weighted by molar-refractivity contribution is 0.0885. The van der Waals surface area contributed by atoms with Gasteiger partial charge in [-0.1, -0.05) is 6.92 Å². The Morgan fingerprint density at radius 2 is 2.29 bits per heavy atom. The molecule has 0 fully saturated rings. The highest BCUT2D eigenvalue weighted by Gasteiger charge is 2.24. The van der Waals surface area contributed by atoms with E-state index < -0.39 is 0 Å². The van der Waals surface area contributed by atoms with Crippen molar-refractivity contribution in [2.75, 3.05) is 6.61 Å². The first kappa shape index (κ1) is 14.4. The van der Waals surface area contributed by atoms with Crippen molar-refractivity contribution in [3.05, 3.63) is 27.6 Å². The maximum absolute atomic E-state index is 12.0. The third kappa shape index (κ3) is 4.23. The van der Waals surface area contributed by atoms with Gasteiger partial charge in [0, 0.05) is 28.1 Å². The number of nitrogens with one attached hydrogen (secondary N) is 1. The number of aliphatic hydroxyl groups is 1. The third-order valence-electron chi connectivity index (χ3n) is 2.83. The van der Waals surface area contributed by atoms with Crippen molar-refractivity contribution in [1.82, 2.24) is 10.3 Å². The largest absolute Gasteiger partial charge is 0.396 e. The number of hydrogen-bond acceptors (Lipinski definition) is 3. The molecular formula is C12H17IN2O2. The summed E-state index contributed by atoms with van der Waals surface area (Å²) >= 11 is 2.12. The molecule has 1 aromatic rings. The number of aliphatic hydroxyl groups excluding tert-OH is 1. The average molecular weight is 348 g/mol. The van der Waals surface area contributed by atoms with Gasteiger partial charge in [-0.25, -0.2) is 0 Å². The second-order valence-electron chi connectivity index (χ2n) is 4.23. The number of nitrogens with zero attached hydrogens (tertiary/aromatic N) is 1. The average Bonchev–Trinajstić information content (AvgIpc) is 2.29. The van der Waals surface area contributed by atoms with Crippen LogP contribution < -0.4 is 5.32 Å². The molecule has 17 heavy (non-hydrogen) atoms. The van der Waals surface area contributed by atoms with Gasteiger partial charge in [0.2, 0.25) is 0 Å². The number of hydrogen-bond donors (Lipinski definition) is 2. The monoisotopic (exact) mass is 348 g/mol. The van der Waals surface area contributed by atoms with E-state index in [1.54, 1.807) is 18.5 Å². The Kier molecular flexibility index (Phi) is 5.32. The second-order valence-corrected chi connectivity index (χ2v) is 5.48. The fourth-order valence-electron chi connectivity index (χ4n) is 1.46. The topological polar surface area (TPSA) is 62.2 Å². The summed E-state index contributed by atoms with van der Waals surface area (Å²) in [4.78, 5) is 16.0. The molecular weight excluding hydrogens is 331 g/mol. The Morgan fingerprint density at radius 1 is 1.59 bits per heavy atom. The number of rotatable bonds is 5. The molecule has 0 aliphatic heterocycles. The van der Waals surface area contributed by atoms with Crippen LogP contribution in [0.4, 0.5) is 0 Å². The summed E-state index contributed by atoms with van der Waals surface area (Å²) in [6.45, 7) is 3.99. The Balaban J connectivity index is 2.77. The van der Waals surface area contributed by atoms with Crippen LogP contribution in [0.2, 0.25) is 0 Å². The Morgan fingerprint density at radius 3 is 2.82 bits per heavy atom. The number of carbonyl (C=O) groups excluding carboxylic acids is 1. The van der Waals surface area contributed by atoms with E-state index in [0.29, 0.717) is 12.0 Å². The van der Waals surface area contributed by atoms with Crippen LogP contribution in [0.3, 0.4) is 0 Å². The van der Waals surface area contributed by atoms with E-state index in [1.807, 2.05) is 13.8 Å². The number of amides is 1. The van der Waals surface area contributed by atoms with Crippen LogP contribution in [0, 0.1) is 3.57 Å². The lowest BCUT2D eigenvalue weighted by atomic mass is 9.94. The van der Waals surface area contributed by atoms with Crippen molar-refractivity contribution in [2.24, 2.45) is 0 Å². The molecule has 1 aromatic heterocycles. The first-order chi connectivity index (χ1) is 8.00. The van der Waals surface area contributed by atoms with Crippen LogP contribution >= 0.6 is 22.6 Å². The van der Waals surface area contributed by atoms with Gasteiger partial charge >= 0.3 is 0 Å². The fraction of sp³-hybridized carbons (Fsp3) is 0.500. The van der Waals surface area contributed by atoms with Crippen molar-refractivity contribution in [1.29, 1.82) is 0 Å². The van der Waals surface area contributed by atoms with Gasteiger partial charge in [-0.2, -0.15) is 0 Å². The molecule has 0 saturated carbocycles. The van der Waals surface area contributed by atoms with Gasteiger partial charge in [0.25, 0.3) is 5.91 Å². The molecule has 1 unspecified atom stereocenters. The van der Waals surface area contributed by atoms with Gasteiger partial charge in [-0.05, 0) is 48.4 Å². The highest BCUT2D eigenvalue weighted by atomic mass is 127. The molecule has 0 aliphatic rings. The van der Waals surface area contributed by atoms with E-state index >= 15 is 0 Å². The Labute approximate surface area is 115 Å². The van der Waals surface area contributed by atoms with Gasteiger partial charge in [-0.3, -0.25) is 9.78 Å². The summed E-state index contributed by atoms with van der Waals surface area (Å²) in [5, 5.41) is 11.9. The Bertz CT molecular complexity index is 398. The van der Waals surface area contributed by atoms with Gasteiger partial charge in [0.05, 0.1) is 5.56 Å². The molecule has 0 radical (unpaired) electrons. The summed E-state index contributed by atoms with van der Waals surface area (Å²) in [6.07, 6.45) is 4.57. The van der Waals surface area contributed by atoms with Crippen molar-refractivity contribution in [2.45, 2.75) is 32.2 Å². The molecule has 0 spiro atoms. The predicted octanol–water partition coefficient (Wildman–Crippen LogP) is 1.97. The highest BCUT2D eigenvalue weighted by Crippen LogP contribution is 2.15. The van der Waals surface area contributed by atoms with Crippen molar-refractivity contribution >= 4 is 28.5 Å². The van der Waals surface area contributed by atoms with Crippen molar-refractivity contribution in [3.8, 4) is 0 Å². The zero-order valence-corrected chi connectivity index (χ0v) is 12.2. The zero-order valence-electron chi connectivity index (χ0n) is 10.0. The first-order valence-electron chi connectivity index (χ1n) is 5.54. The van der Waals surface area contributed by atoms with E-state index in [0.717, 1.165) is 9.99 Å². The highest BCUT2D eigenvalue weighted by molar-refractivity contribution is 14.1. The minimum Gasteiger partial charge on any atom is -0.396 e. The lowest BCUT2D eigenvalue weighted by Gasteiger charge is -2.28. The lowest BCUT2D eigenvalue weighted by Crippen LogP contribution is -2.46. The number of halogens is 1. The molecule has 1 atom stereocenters. The SMILES string of the molecule is CCC(C)(CCO)NC(=O)c1cncc(I)c1. The number of aromatic nitrogens is 1. The molecule has 1 amide bonds. The summed E-state index contributed by atoms with van der Waals surface area (Å²) in [5.74, 6) is -0.145. The molecule has 0 saturated heterocycles. The van der Waals surface area contributed by atoms with E-state index in [-0.39, 0.29) is 18.1 Å². The fourth-order valence-corrected chi connectivity index (χ4v) is 1.95. The maximum atomic E-state index is 12.0. The molecule has 1 rings (SSSR count). The predicted molar refractivity (Wildman–Crippen MR) is 74.8 cm³/mol.